The average molecular weight is 387 g/mol. The molecule has 28 heavy (non-hydrogen) atoms. The van der Waals surface area contributed by atoms with Crippen molar-refractivity contribution in [2.75, 3.05) is 0 Å². The highest BCUT2D eigenvalue weighted by molar-refractivity contribution is 7.17. The van der Waals surface area contributed by atoms with Crippen molar-refractivity contribution in [3.8, 4) is 17.2 Å². The molecule has 0 aliphatic rings. The summed E-state index contributed by atoms with van der Waals surface area (Å²) in [4.78, 5) is 31.7. The number of hydrogen-bond donors (Lipinski definition) is 1. The molecule has 7 heteroatoms. The Bertz CT molecular complexity index is 1280. The fourth-order valence-electron chi connectivity index (χ4n) is 2.91. The average Bonchev–Trinajstić information content (AvgIpc) is 3.21. The van der Waals surface area contributed by atoms with Crippen LogP contribution < -0.4 is 5.56 Å². The number of nitrogens with zero attached hydrogens (tertiary/aromatic N) is 2. The highest BCUT2D eigenvalue weighted by atomic mass is 32.1. The molecule has 0 amide bonds. The van der Waals surface area contributed by atoms with Crippen molar-refractivity contribution in [2.45, 2.75) is 6.61 Å². The topological polar surface area (TPSA) is 95.8 Å². The van der Waals surface area contributed by atoms with E-state index in [0.717, 1.165) is 0 Å². The fourth-order valence-corrected chi connectivity index (χ4v) is 3.64. The number of nitriles is 1. The van der Waals surface area contributed by atoms with Crippen LogP contribution in [0.5, 0.6) is 0 Å². The van der Waals surface area contributed by atoms with Gasteiger partial charge in [0.05, 0.1) is 22.7 Å². The molecular formula is C21H13N3O3S. The maximum Gasteiger partial charge on any atom is 0.339 e. The highest BCUT2D eigenvalue weighted by Gasteiger charge is 2.16. The van der Waals surface area contributed by atoms with Crippen LogP contribution in [0, 0.1) is 11.3 Å². The Morgan fingerprint density at radius 1 is 1.11 bits per heavy atom. The summed E-state index contributed by atoms with van der Waals surface area (Å²) in [5, 5.41) is 11.1. The number of nitrogens with one attached hydrogen (secondary N) is 1. The molecule has 0 aliphatic heterocycles. The SMILES string of the molecule is N#Cc1ccccc1-c1ccccc1C(=O)OCc1nc2ccsc2c(=O)[nH]1. The number of benzene rings is 2. The van der Waals surface area contributed by atoms with Crippen LogP contribution in [0.15, 0.2) is 64.8 Å². The molecule has 0 aliphatic carbocycles. The molecule has 0 saturated carbocycles. The van der Waals surface area contributed by atoms with Crippen molar-refractivity contribution in [1.82, 2.24) is 9.97 Å². The summed E-state index contributed by atoms with van der Waals surface area (Å²) >= 11 is 1.31. The zero-order chi connectivity index (χ0) is 19.5. The first-order chi connectivity index (χ1) is 13.7. The molecule has 0 bridgehead atoms. The van der Waals surface area contributed by atoms with E-state index < -0.39 is 5.97 Å². The van der Waals surface area contributed by atoms with E-state index in [2.05, 4.69) is 16.0 Å². The second-order valence-corrected chi connectivity index (χ2v) is 6.84. The monoisotopic (exact) mass is 387 g/mol. The van der Waals surface area contributed by atoms with Gasteiger partial charge in [0.25, 0.3) is 5.56 Å². The molecule has 1 N–H and O–H groups in total. The number of carbonyl (C=O) groups is 1. The van der Waals surface area contributed by atoms with E-state index in [4.69, 9.17) is 4.74 Å². The minimum atomic E-state index is -0.559. The van der Waals surface area contributed by atoms with Gasteiger partial charge in [-0.15, -0.1) is 11.3 Å². The number of H-pyrrole nitrogens is 1. The quantitative estimate of drug-likeness (QED) is 0.536. The van der Waals surface area contributed by atoms with E-state index in [0.29, 0.717) is 32.5 Å². The van der Waals surface area contributed by atoms with Crippen LogP contribution in [0.3, 0.4) is 0 Å². The van der Waals surface area contributed by atoms with Crippen molar-refractivity contribution in [3.05, 3.63) is 87.3 Å². The number of aromatic nitrogens is 2. The summed E-state index contributed by atoms with van der Waals surface area (Å²) in [6.07, 6.45) is 0. The molecule has 0 unspecified atom stereocenters. The molecule has 0 spiro atoms. The van der Waals surface area contributed by atoms with Gasteiger partial charge in [0.15, 0.2) is 0 Å². The van der Waals surface area contributed by atoms with Crippen molar-refractivity contribution in [2.24, 2.45) is 0 Å². The molecule has 0 atom stereocenters. The molecule has 2 aromatic carbocycles. The van der Waals surface area contributed by atoms with Crippen LogP contribution in [0.2, 0.25) is 0 Å². The largest absolute Gasteiger partial charge is 0.454 e. The lowest BCUT2D eigenvalue weighted by Gasteiger charge is -2.11. The number of thiophene rings is 1. The first kappa shape index (κ1) is 17.6. The van der Waals surface area contributed by atoms with Gasteiger partial charge >= 0.3 is 5.97 Å². The van der Waals surface area contributed by atoms with E-state index in [1.54, 1.807) is 53.9 Å². The van der Waals surface area contributed by atoms with Gasteiger partial charge in [-0.2, -0.15) is 5.26 Å². The van der Waals surface area contributed by atoms with Gasteiger partial charge in [-0.1, -0.05) is 36.4 Å². The van der Waals surface area contributed by atoms with Crippen LogP contribution in [0.25, 0.3) is 21.3 Å². The number of hydrogen-bond acceptors (Lipinski definition) is 6. The van der Waals surface area contributed by atoms with Crippen LogP contribution in [0.1, 0.15) is 21.7 Å². The van der Waals surface area contributed by atoms with Crippen molar-refractivity contribution in [1.29, 1.82) is 5.26 Å². The molecule has 4 rings (SSSR count). The number of rotatable bonds is 4. The van der Waals surface area contributed by atoms with E-state index in [1.165, 1.54) is 11.3 Å². The molecule has 2 aromatic heterocycles. The zero-order valence-corrected chi connectivity index (χ0v) is 15.3. The van der Waals surface area contributed by atoms with Crippen LogP contribution >= 0.6 is 11.3 Å². The van der Waals surface area contributed by atoms with Gasteiger partial charge in [-0.3, -0.25) is 4.79 Å². The molecular weight excluding hydrogens is 374 g/mol. The molecule has 2 heterocycles. The summed E-state index contributed by atoms with van der Waals surface area (Å²) in [5.74, 6) is -0.282. The molecule has 136 valence electrons. The van der Waals surface area contributed by atoms with Crippen LogP contribution in [0.4, 0.5) is 0 Å². The smallest absolute Gasteiger partial charge is 0.339 e. The molecule has 0 saturated heterocycles. The number of fused-ring (bicyclic) bond motifs is 1. The maximum atomic E-state index is 12.7. The predicted molar refractivity (Wildman–Crippen MR) is 106 cm³/mol. The standard InChI is InChI=1S/C21H13N3O3S/c22-11-13-5-1-2-6-14(13)15-7-3-4-8-16(15)21(26)27-12-18-23-17-9-10-28-19(17)20(25)24-18/h1-10H,12H2,(H,23,24,25). The van der Waals surface area contributed by atoms with E-state index >= 15 is 0 Å². The Morgan fingerprint density at radius 2 is 1.86 bits per heavy atom. The van der Waals surface area contributed by atoms with Crippen LogP contribution in [-0.4, -0.2) is 15.9 Å². The second kappa shape index (κ2) is 7.47. The molecule has 0 radical (unpaired) electrons. The lowest BCUT2D eigenvalue weighted by molar-refractivity contribution is 0.0463. The third-order valence-electron chi connectivity index (χ3n) is 4.19. The molecule has 6 nitrogen and oxygen atoms in total. The number of carbonyl (C=O) groups excluding carboxylic acids is 1. The van der Waals surface area contributed by atoms with Gasteiger partial charge in [-0.05, 0) is 29.1 Å². The zero-order valence-electron chi connectivity index (χ0n) is 14.5. The van der Waals surface area contributed by atoms with E-state index in [-0.39, 0.29) is 18.0 Å². The van der Waals surface area contributed by atoms with Crippen molar-refractivity contribution in [3.63, 3.8) is 0 Å². The minimum absolute atomic E-state index is 0.159. The molecule has 0 fully saturated rings. The Morgan fingerprint density at radius 3 is 2.68 bits per heavy atom. The summed E-state index contributed by atoms with van der Waals surface area (Å²) in [7, 11) is 0. The summed E-state index contributed by atoms with van der Waals surface area (Å²) < 4.78 is 5.91. The van der Waals surface area contributed by atoms with Gasteiger partial charge in [0.2, 0.25) is 0 Å². The van der Waals surface area contributed by atoms with E-state index in [1.807, 2.05) is 6.07 Å². The van der Waals surface area contributed by atoms with Gasteiger partial charge in [0.1, 0.15) is 17.1 Å². The Balaban J connectivity index is 1.62. The lowest BCUT2D eigenvalue weighted by atomic mass is 9.96. The predicted octanol–water partition coefficient (Wildman–Crippen LogP) is 3.88. The van der Waals surface area contributed by atoms with Crippen molar-refractivity contribution >= 4 is 27.5 Å². The second-order valence-electron chi connectivity index (χ2n) is 5.93. The minimum Gasteiger partial charge on any atom is -0.454 e. The Kier molecular flexibility index (Phi) is 4.70. The first-order valence-corrected chi connectivity index (χ1v) is 9.27. The summed E-state index contributed by atoms with van der Waals surface area (Å²) in [5.41, 5.74) is 2.39. The molecule has 4 aromatic rings. The first-order valence-electron chi connectivity index (χ1n) is 8.39. The van der Waals surface area contributed by atoms with Gasteiger partial charge in [-0.25, -0.2) is 9.78 Å². The highest BCUT2D eigenvalue weighted by Crippen LogP contribution is 2.27. The third-order valence-corrected chi connectivity index (χ3v) is 5.09. The van der Waals surface area contributed by atoms with Crippen molar-refractivity contribution < 1.29 is 9.53 Å². The third kappa shape index (κ3) is 3.29. The Labute approximate surface area is 163 Å². The number of esters is 1. The maximum absolute atomic E-state index is 12.7. The fraction of sp³-hybridized carbons (Fsp3) is 0.0476. The normalized spacial score (nSPS) is 10.5. The Hall–Kier alpha value is -3.76. The van der Waals surface area contributed by atoms with Gasteiger partial charge in [0, 0.05) is 5.56 Å². The number of ether oxygens (including phenoxy) is 1. The number of aromatic amines is 1. The summed E-state index contributed by atoms with van der Waals surface area (Å²) in [6.45, 7) is -0.159. The summed E-state index contributed by atoms with van der Waals surface area (Å²) in [6, 6.07) is 17.9. The van der Waals surface area contributed by atoms with Crippen LogP contribution in [-0.2, 0) is 11.3 Å². The lowest BCUT2D eigenvalue weighted by Crippen LogP contribution is -2.14. The van der Waals surface area contributed by atoms with E-state index in [9.17, 15) is 14.9 Å². The van der Waals surface area contributed by atoms with Gasteiger partial charge < -0.3 is 9.72 Å².